The van der Waals surface area contributed by atoms with Gasteiger partial charge in [0.15, 0.2) is 0 Å². The minimum atomic E-state index is -1.16. The van der Waals surface area contributed by atoms with Crippen LogP contribution in [0.3, 0.4) is 0 Å². The number of hydrogen-bond donors (Lipinski definition) is 3. The van der Waals surface area contributed by atoms with E-state index >= 15 is 0 Å². The molecule has 0 saturated carbocycles. The van der Waals surface area contributed by atoms with E-state index in [-0.39, 0.29) is 0 Å². The van der Waals surface area contributed by atoms with Gasteiger partial charge in [-0.15, -0.1) is 0 Å². The molecule has 2 atom stereocenters. The summed E-state index contributed by atoms with van der Waals surface area (Å²) in [5.41, 5.74) is 0. The van der Waals surface area contributed by atoms with Crippen LogP contribution in [0.4, 0.5) is 0 Å². The van der Waals surface area contributed by atoms with Crippen molar-refractivity contribution in [2.24, 2.45) is 0 Å². The fourth-order valence-corrected chi connectivity index (χ4v) is 0.824. The highest BCUT2D eigenvalue weighted by atomic mass is 16.4. The van der Waals surface area contributed by atoms with Crippen molar-refractivity contribution >= 4 is 0 Å². The van der Waals surface area contributed by atoms with E-state index in [1.54, 1.807) is 26.0 Å². The lowest BCUT2D eigenvalue weighted by Gasteiger charge is -2.17. The Bertz CT molecular complexity index is 145. The average Bonchev–Trinajstić information content (AvgIpc) is 2.04. The fraction of sp³-hybridized carbons (Fsp3) is 0.556. The van der Waals surface area contributed by atoms with E-state index in [1.165, 1.54) is 12.2 Å². The minimum absolute atomic E-state index is 1.01. The lowest BCUT2D eigenvalue weighted by Crippen LogP contribution is -2.34. The van der Waals surface area contributed by atoms with Crippen molar-refractivity contribution in [1.82, 2.24) is 0 Å². The molecule has 0 aliphatic carbocycles. The Balaban J connectivity index is 4.07. The molecule has 0 aliphatic rings. The van der Waals surface area contributed by atoms with E-state index in [2.05, 4.69) is 0 Å². The Hall–Kier alpha value is -0.640. The summed E-state index contributed by atoms with van der Waals surface area (Å²) >= 11 is 0. The maximum absolute atomic E-state index is 9.25. The van der Waals surface area contributed by atoms with Crippen LogP contribution in [0.5, 0.6) is 0 Å². The minimum Gasteiger partial charge on any atom is -0.387 e. The van der Waals surface area contributed by atoms with Crippen LogP contribution in [0, 0.1) is 0 Å². The van der Waals surface area contributed by atoms with E-state index in [4.69, 9.17) is 0 Å². The summed E-state index contributed by atoms with van der Waals surface area (Å²) in [5.74, 6) is 0. The predicted molar refractivity (Wildman–Crippen MR) is 47.6 cm³/mol. The Kier molecular flexibility index (Phi) is 5.62. The smallest absolute Gasteiger partial charge is 0.113 e. The Morgan fingerprint density at radius 1 is 0.833 bits per heavy atom. The number of aliphatic hydroxyl groups excluding tert-OH is 3. The van der Waals surface area contributed by atoms with Crippen molar-refractivity contribution in [2.45, 2.75) is 32.2 Å². The van der Waals surface area contributed by atoms with Crippen LogP contribution in [-0.4, -0.2) is 33.6 Å². The number of aliphatic hydroxyl groups is 3. The molecule has 12 heavy (non-hydrogen) atoms. The molecule has 0 saturated heterocycles. The van der Waals surface area contributed by atoms with Gasteiger partial charge in [0.2, 0.25) is 0 Å². The third-order valence-corrected chi connectivity index (χ3v) is 1.48. The molecule has 0 bridgehead atoms. The van der Waals surface area contributed by atoms with Crippen LogP contribution in [-0.2, 0) is 0 Å². The topological polar surface area (TPSA) is 60.7 Å². The second kappa shape index (κ2) is 5.94. The van der Waals surface area contributed by atoms with E-state index in [1.807, 2.05) is 0 Å². The third kappa shape index (κ3) is 3.67. The van der Waals surface area contributed by atoms with E-state index < -0.39 is 18.3 Å². The molecule has 0 spiro atoms. The van der Waals surface area contributed by atoms with Crippen LogP contribution in [0.1, 0.15) is 13.8 Å². The second-order valence-corrected chi connectivity index (χ2v) is 2.52. The second-order valence-electron chi connectivity index (χ2n) is 2.52. The molecule has 3 heteroatoms. The first kappa shape index (κ1) is 11.4. The highest BCUT2D eigenvalue weighted by Gasteiger charge is 2.19. The molecule has 70 valence electrons. The molecule has 0 fully saturated rings. The van der Waals surface area contributed by atoms with E-state index in [0.717, 1.165) is 0 Å². The first-order chi connectivity index (χ1) is 5.63. The molecule has 0 amide bonds. The average molecular weight is 172 g/mol. The summed E-state index contributed by atoms with van der Waals surface area (Å²) in [5, 5.41) is 27.6. The van der Waals surface area contributed by atoms with Crippen LogP contribution >= 0.6 is 0 Å². The monoisotopic (exact) mass is 172 g/mol. The van der Waals surface area contributed by atoms with Gasteiger partial charge in [0, 0.05) is 0 Å². The van der Waals surface area contributed by atoms with Crippen molar-refractivity contribution in [3.05, 3.63) is 24.3 Å². The molecule has 0 aromatic rings. The zero-order valence-corrected chi connectivity index (χ0v) is 7.38. The molecule has 2 unspecified atom stereocenters. The lowest BCUT2D eigenvalue weighted by atomic mass is 10.1. The number of allylic oxidation sites excluding steroid dienone is 2. The van der Waals surface area contributed by atoms with Crippen LogP contribution in [0.25, 0.3) is 0 Å². The van der Waals surface area contributed by atoms with Crippen molar-refractivity contribution in [3.63, 3.8) is 0 Å². The van der Waals surface area contributed by atoms with Crippen LogP contribution < -0.4 is 0 Å². The zero-order valence-electron chi connectivity index (χ0n) is 7.38. The number of hydrogen-bond acceptors (Lipinski definition) is 3. The highest BCUT2D eigenvalue weighted by Crippen LogP contribution is 2.02. The first-order valence-electron chi connectivity index (χ1n) is 3.93. The van der Waals surface area contributed by atoms with E-state index in [0.29, 0.717) is 0 Å². The van der Waals surface area contributed by atoms with Gasteiger partial charge in [0.25, 0.3) is 0 Å². The number of rotatable bonds is 4. The van der Waals surface area contributed by atoms with Crippen LogP contribution in [0.2, 0.25) is 0 Å². The molecule has 0 radical (unpaired) electrons. The van der Waals surface area contributed by atoms with Crippen molar-refractivity contribution in [3.8, 4) is 0 Å². The quantitative estimate of drug-likeness (QED) is 0.532. The van der Waals surface area contributed by atoms with Gasteiger partial charge in [-0.3, -0.25) is 0 Å². The molecule has 3 N–H and O–H groups in total. The molecule has 0 heterocycles. The third-order valence-electron chi connectivity index (χ3n) is 1.48. The van der Waals surface area contributed by atoms with Crippen molar-refractivity contribution < 1.29 is 15.3 Å². The normalized spacial score (nSPS) is 20.1. The Labute approximate surface area is 72.7 Å². The molecular formula is C9H16O3. The molecule has 0 aromatic carbocycles. The summed E-state index contributed by atoms with van der Waals surface area (Å²) < 4.78 is 0. The molecule has 0 rings (SSSR count). The SMILES string of the molecule is CC=CC(O)C(O)C(O)C=CC. The van der Waals surface area contributed by atoms with Crippen molar-refractivity contribution in [2.75, 3.05) is 0 Å². The summed E-state index contributed by atoms with van der Waals surface area (Å²) in [6, 6.07) is 0. The summed E-state index contributed by atoms with van der Waals surface area (Å²) in [6.07, 6.45) is 2.92. The van der Waals surface area contributed by atoms with Gasteiger partial charge in [-0.05, 0) is 13.8 Å². The van der Waals surface area contributed by atoms with Gasteiger partial charge >= 0.3 is 0 Å². The van der Waals surface area contributed by atoms with Crippen molar-refractivity contribution in [1.29, 1.82) is 0 Å². The molecular weight excluding hydrogens is 156 g/mol. The van der Waals surface area contributed by atoms with Gasteiger partial charge in [-0.25, -0.2) is 0 Å². The summed E-state index contributed by atoms with van der Waals surface area (Å²) in [7, 11) is 0. The fourth-order valence-electron chi connectivity index (χ4n) is 0.824. The highest BCUT2D eigenvalue weighted by molar-refractivity contribution is 4.98. The predicted octanol–water partition coefficient (Wildman–Crippen LogP) is 0.221. The van der Waals surface area contributed by atoms with Gasteiger partial charge in [0.1, 0.15) is 18.3 Å². The molecule has 0 aromatic heterocycles. The van der Waals surface area contributed by atoms with E-state index in [9.17, 15) is 15.3 Å². The lowest BCUT2D eigenvalue weighted by molar-refractivity contribution is -0.0210. The molecule has 0 aliphatic heterocycles. The van der Waals surface area contributed by atoms with Gasteiger partial charge < -0.3 is 15.3 Å². The zero-order chi connectivity index (χ0) is 9.56. The summed E-state index contributed by atoms with van der Waals surface area (Å²) in [6.45, 7) is 3.47. The summed E-state index contributed by atoms with van der Waals surface area (Å²) in [4.78, 5) is 0. The Morgan fingerprint density at radius 3 is 1.42 bits per heavy atom. The van der Waals surface area contributed by atoms with Gasteiger partial charge in [-0.2, -0.15) is 0 Å². The first-order valence-corrected chi connectivity index (χ1v) is 3.93. The maximum atomic E-state index is 9.25. The standard InChI is InChI=1S/C9H16O3/c1-3-5-7(10)9(12)8(11)6-4-2/h3-12H,1-2H3. The van der Waals surface area contributed by atoms with Gasteiger partial charge in [0.05, 0.1) is 0 Å². The largest absolute Gasteiger partial charge is 0.387 e. The van der Waals surface area contributed by atoms with Gasteiger partial charge in [-0.1, -0.05) is 24.3 Å². The maximum Gasteiger partial charge on any atom is 0.113 e. The van der Waals surface area contributed by atoms with Crippen LogP contribution in [0.15, 0.2) is 24.3 Å². The Morgan fingerprint density at radius 2 is 1.17 bits per heavy atom. The molecule has 3 nitrogen and oxygen atoms in total.